The number of carbonyl (C=O) groups excluding carboxylic acids is 1. The first kappa shape index (κ1) is 14.4. The number of alkyl halides is 1. The third-order valence-electron chi connectivity index (χ3n) is 4.58. The van der Waals surface area contributed by atoms with Gasteiger partial charge in [-0.3, -0.25) is 4.79 Å². The zero-order valence-electron chi connectivity index (χ0n) is 12.9. The van der Waals surface area contributed by atoms with E-state index < -0.39 is 6.17 Å². The Hall–Kier alpha value is -2.24. The lowest BCUT2D eigenvalue weighted by molar-refractivity contribution is -0.144. The highest BCUT2D eigenvalue weighted by atomic mass is 19.1. The van der Waals surface area contributed by atoms with Gasteiger partial charge in [0.1, 0.15) is 0 Å². The number of carbonyl (C=O) groups is 1. The summed E-state index contributed by atoms with van der Waals surface area (Å²) >= 11 is 0. The maximum absolute atomic E-state index is 14.3. The second kappa shape index (κ2) is 5.44. The molecule has 1 fully saturated rings. The Labute approximate surface area is 133 Å². The van der Waals surface area contributed by atoms with Crippen molar-refractivity contribution in [1.29, 1.82) is 0 Å². The van der Waals surface area contributed by atoms with Crippen LogP contribution in [-0.2, 0) is 9.53 Å². The molecule has 1 aliphatic heterocycles. The molecule has 0 saturated heterocycles. The van der Waals surface area contributed by atoms with Gasteiger partial charge in [0.05, 0.1) is 18.6 Å². The van der Waals surface area contributed by atoms with Crippen LogP contribution in [0.4, 0.5) is 4.39 Å². The Morgan fingerprint density at radius 1 is 1.35 bits per heavy atom. The molecule has 1 aromatic heterocycles. The van der Waals surface area contributed by atoms with E-state index in [1.54, 1.807) is 11.6 Å². The molecule has 2 unspecified atom stereocenters. The standard InChI is InChI=1S/C17H18FN3O2/c1-2-23-17(22)12-8-11(12)15-19-16-13(18)9-14(21(16)20-15)10-6-4-3-5-7-10/h3-7,11-14H,2,8-9H2,1H3/t11?,12?,13-,14-/m0/s1. The predicted octanol–water partition coefficient (Wildman–Crippen LogP) is 2.95. The molecule has 0 spiro atoms. The molecule has 1 aliphatic carbocycles. The Kier molecular flexibility index (Phi) is 3.39. The van der Waals surface area contributed by atoms with Crippen molar-refractivity contribution in [2.45, 2.75) is 37.9 Å². The lowest BCUT2D eigenvalue weighted by atomic mass is 10.0. The first-order chi connectivity index (χ1) is 11.2. The van der Waals surface area contributed by atoms with Gasteiger partial charge in [-0.15, -0.1) is 0 Å². The summed E-state index contributed by atoms with van der Waals surface area (Å²) in [7, 11) is 0. The van der Waals surface area contributed by atoms with Crippen molar-refractivity contribution in [3.8, 4) is 0 Å². The molecular formula is C17H18FN3O2. The largest absolute Gasteiger partial charge is 0.466 e. The van der Waals surface area contributed by atoms with E-state index in [9.17, 15) is 9.18 Å². The third kappa shape index (κ3) is 2.42. The van der Waals surface area contributed by atoms with Crippen LogP contribution in [0.1, 0.15) is 55.1 Å². The van der Waals surface area contributed by atoms with Crippen LogP contribution in [0, 0.1) is 5.92 Å². The Balaban J connectivity index is 1.58. The lowest BCUT2D eigenvalue weighted by Crippen LogP contribution is -2.09. The summed E-state index contributed by atoms with van der Waals surface area (Å²) in [5.74, 6) is 0.538. The lowest BCUT2D eigenvalue weighted by Gasteiger charge is -2.11. The molecule has 0 N–H and O–H groups in total. The molecule has 23 heavy (non-hydrogen) atoms. The molecule has 2 aromatic rings. The zero-order valence-corrected chi connectivity index (χ0v) is 12.9. The molecule has 4 atom stereocenters. The van der Waals surface area contributed by atoms with Gasteiger partial charge >= 0.3 is 5.97 Å². The van der Waals surface area contributed by atoms with Crippen LogP contribution in [0.25, 0.3) is 0 Å². The number of rotatable bonds is 4. The molecule has 6 heteroatoms. The average molecular weight is 315 g/mol. The van der Waals surface area contributed by atoms with Crippen molar-refractivity contribution in [2.75, 3.05) is 6.61 Å². The first-order valence-electron chi connectivity index (χ1n) is 8.01. The molecule has 120 valence electrons. The predicted molar refractivity (Wildman–Crippen MR) is 80.6 cm³/mol. The highest BCUT2D eigenvalue weighted by Crippen LogP contribution is 2.48. The molecule has 5 nitrogen and oxygen atoms in total. The summed E-state index contributed by atoms with van der Waals surface area (Å²) in [6.45, 7) is 2.16. The van der Waals surface area contributed by atoms with E-state index in [1.165, 1.54) is 0 Å². The van der Waals surface area contributed by atoms with Crippen molar-refractivity contribution >= 4 is 5.97 Å². The number of aromatic nitrogens is 3. The second-order valence-corrected chi connectivity index (χ2v) is 6.10. The van der Waals surface area contributed by atoms with Gasteiger partial charge in [-0.25, -0.2) is 14.1 Å². The van der Waals surface area contributed by atoms with E-state index in [0.29, 0.717) is 31.1 Å². The average Bonchev–Trinajstić information content (AvgIpc) is 3.15. The third-order valence-corrected chi connectivity index (χ3v) is 4.58. The zero-order chi connectivity index (χ0) is 16.0. The van der Waals surface area contributed by atoms with Crippen LogP contribution in [0.15, 0.2) is 30.3 Å². The minimum atomic E-state index is -1.11. The molecule has 2 heterocycles. The van der Waals surface area contributed by atoms with Crippen LogP contribution < -0.4 is 0 Å². The molecule has 0 amide bonds. The monoisotopic (exact) mass is 315 g/mol. The van der Waals surface area contributed by atoms with Gasteiger partial charge in [0.25, 0.3) is 0 Å². The fourth-order valence-electron chi connectivity index (χ4n) is 3.30. The van der Waals surface area contributed by atoms with Crippen LogP contribution >= 0.6 is 0 Å². The van der Waals surface area contributed by atoms with Crippen LogP contribution in [0.5, 0.6) is 0 Å². The number of esters is 1. The number of nitrogens with zero attached hydrogens (tertiary/aromatic N) is 3. The number of halogens is 1. The summed E-state index contributed by atoms with van der Waals surface area (Å²) in [4.78, 5) is 16.1. The Bertz CT molecular complexity index is 731. The van der Waals surface area contributed by atoms with Crippen molar-refractivity contribution < 1.29 is 13.9 Å². The SMILES string of the molecule is CCOC(=O)C1CC1c1nc2n(n1)[C@H](c1ccccc1)C[C@@H]2F. The van der Waals surface area contributed by atoms with Gasteiger partial charge in [0, 0.05) is 12.3 Å². The van der Waals surface area contributed by atoms with Crippen LogP contribution in [0.2, 0.25) is 0 Å². The summed E-state index contributed by atoms with van der Waals surface area (Å²) in [5.41, 5.74) is 1.03. The smallest absolute Gasteiger partial charge is 0.309 e. The first-order valence-corrected chi connectivity index (χ1v) is 8.01. The molecule has 0 radical (unpaired) electrons. The molecule has 2 aliphatic rings. The van der Waals surface area contributed by atoms with Crippen LogP contribution in [0.3, 0.4) is 0 Å². The number of benzene rings is 1. The maximum Gasteiger partial charge on any atom is 0.309 e. The van der Waals surface area contributed by atoms with Crippen molar-refractivity contribution in [3.63, 3.8) is 0 Å². The van der Waals surface area contributed by atoms with E-state index in [-0.39, 0.29) is 23.8 Å². The minimum Gasteiger partial charge on any atom is -0.466 e. The van der Waals surface area contributed by atoms with Crippen molar-refractivity contribution in [1.82, 2.24) is 14.8 Å². The molecular weight excluding hydrogens is 297 g/mol. The van der Waals surface area contributed by atoms with E-state index in [4.69, 9.17) is 4.74 Å². The number of hydrogen-bond donors (Lipinski definition) is 0. The minimum absolute atomic E-state index is 0.0317. The Morgan fingerprint density at radius 2 is 2.13 bits per heavy atom. The molecule has 4 rings (SSSR count). The van der Waals surface area contributed by atoms with E-state index in [2.05, 4.69) is 10.1 Å². The van der Waals surface area contributed by atoms with Gasteiger partial charge in [-0.1, -0.05) is 30.3 Å². The van der Waals surface area contributed by atoms with E-state index in [0.717, 1.165) is 5.56 Å². The van der Waals surface area contributed by atoms with Gasteiger partial charge in [-0.05, 0) is 18.9 Å². The fraction of sp³-hybridized carbons (Fsp3) is 0.471. The maximum atomic E-state index is 14.3. The van der Waals surface area contributed by atoms with E-state index >= 15 is 0 Å². The summed E-state index contributed by atoms with van der Waals surface area (Å²) in [6.07, 6.45) is -0.0536. The highest BCUT2D eigenvalue weighted by Gasteiger charge is 2.49. The quantitative estimate of drug-likeness (QED) is 0.814. The van der Waals surface area contributed by atoms with Crippen molar-refractivity contribution in [3.05, 3.63) is 47.5 Å². The van der Waals surface area contributed by atoms with Gasteiger partial charge in [0.2, 0.25) is 0 Å². The van der Waals surface area contributed by atoms with Gasteiger partial charge in [0.15, 0.2) is 17.8 Å². The summed E-state index contributed by atoms with van der Waals surface area (Å²) in [5, 5.41) is 4.51. The van der Waals surface area contributed by atoms with Crippen molar-refractivity contribution in [2.24, 2.45) is 5.92 Å². The molecule has 0 bridgehead atoms. The highest BCUT2D eigenvalue weighted by molar-refractivity contribution is 5.77. The summed E-state index contributed by atoms with van der Waals surface area (Å²) in [6, 6.07) is 9.65. The van der Waals surface area contributed by atoms with Gasteiger partial charge in [-0.2, -0.15) is 5.10 Å². The molecule has 1 saturated carbocycles. The van der Waals surface area contributed by atoms with Gasteiger partial charge < -0.3 is 4.74 Å². The normalized spacial score (nSPS) is 28.4. The number of fused-ring (bicyclic) bond motifs is 1. The fourth-order valence-corrected chi connectivity index (χ4v) is 3.30. The topological polar surface area (TPSA) is 57.0 Å². The van der Waals surface area contributed by atoms with Crippen LogP contribution in [-0.4, -0.2) is 27.3 Å². The van der Waals surface area contributed by atoms with E-state index in [1.807, 2.05) is 30.3 Å². The molecule has 1 aromatic carbocycles. The Morgan fingerprint density at radius 3 is 2.87 bits per heavy atom. The number of hydrogen-bond acceptors (Lipinski definition) is 4. The number of ether oxygens (including phenoxy) is 1. The summed E-state index contributed by atoms with van der Waals surface area (Å²) < 4.78 is 21.0. The second-order valence-electron chi connectivity index (χ2n) is 6.10.